The fraction of sp³-hybridized carbons (Fsp3) is 0.333. The van der Waals surface area contributed by atoms with E-state index in [1.807, 2.05) is 26.0 Å². The largest absolute Gasteiger partial charge is 0.492 e. The number of benzene rings is 2. The van der Waals surface area contributed by atoms with E-state index in [-0.39, 0.29) is 25.9 Å². The Kier molecular flexibility index (Phi) is 4.37. The van der Waals surface area contributed by atoms with Crippen LogP contribution < -0.4 is 19.5 Å². The van der Waals surface area contributed by atoms with Gasteiger partial charge in [-0.25, -0.2) is 4.79 Å². The van der Waals surface area contributed by atoms with Crippen LogP contribution >= 0.6 is 0 Å². The molecule has 1 N–H and O–H groups in total. The highest BCUT2D eigenvalue weighted by Crippen LogP contribution is 2.37. The highest BCUT2D eigenvalue weighted by atomic mass is 16.7. The van der Waals surface area contributed by atoms with Crippen molar-refractivity contribution in [2.75, 3.05) is 19.9 Å². The number of nitrogens with one attached hydrogen (secondary N) is 1. The minimum absolute atomic E-state index is 0.151. The lowest BCUT2D eigenvalue weighted by molar-refractivity contribution is -0.131. The number of hydrogen-bond acceptors (Lipinski definition) is 5. The summed E-state index contributed by atoms with van der Waals surface area (Å²) >= 11 is 0. The van der Waals surface area contributed by atoms with Crippen molar-refractivity contribution < 1.29 is 23.8 Å². The summed E-state index contributed by atoms with van der Waals surface area (Å²) in [5, 5.41) is 2.79. The fourth-order valence-corrected chi connectivity index (χ4v) is 3.57. The minimum atomic E-state index is -1.15. The lowest BCUT2D eigenvalue weighted by Crippen LogP contribution is -2.41. The van der Waals surface area contributed by atoms with Crippen LogP contribution in [0, 0.1) is 13.8 Å². The van der Waals surface area contributed by atoms with Crippen LogP contribution in [-0.4, -0.2) is 36.8 Å². The molecule has 4 rings (SSSR count). The van der Waals surface area contributed by atoms with Gasteiger partial charge in [0, 0.05) is 0 Å². The van der Waals surface area contributed by atoms with E-state index < -0.39 is 11.6 Å². The Hall–Kier alpha value is -3.22. The molecule has 7 heteroatoms. The number of amides is 3. The minimum Gasteiger partial charge on any atom is -0.492 e. The molecule has 1 saturated heterocycles. The fourth-order valence-electron chi connectivity index (χ4n) is 3.57. The molecule has 0 spiro atoms. The van der Waals surface area contributed by atoms with E-state index in [1.165, 1.54) is 4.90 Å². The van der Waals surface area contributed by atoms with Crippen molar-refractivity contribution in [3.05, 3.63) is 53.1 Å². The van der Waals surface area contributed by atoms with E-state index in [0.717, 1.165) is 16.9 Å². The molecule has 3 amide bonds. The van der Waals surface area contributed by atoms with Crippen LogP contribution in [0.3, 0.4) is 0 Å². The second-order valence-corrected chi connectivity index (χ2v) is 7.25. The molecule has 7 nitrogen and oxygen atoms in total. The van der Waals surface area contributed by atoms with Gasteiger partial charge < -0.3 is 19.5 Å². The number of urea groups is 1. The molecule has 2 aliphatic heterocycles. The molecule has 2 aliphatic rings. The summed E-state index contributed by atoms with van der Waals surface area (Å²) < 4.78 is 16.4. The number of imide groups is 1. The maximum atomic E-state index is 13.0. The lowest BCUT2D eigenvalue weighted by Gasteiger charge is -2.22. The van der Waals surface area contributed by atoms with Crippen molar-refractivity contribution in [1.82, 2.24) is 10.2 Å². The number of fused-ring (bicyclic) bond motifs is 1. The zero-order chi connectivity index (χ0) is 19.9. The van der Waals surface area contributed by atoms with Crippen LogP contribution in [0.2, 0.25) is 0 Å². The normalized spacial score (nSPS) is 20.5. The van der Waals surface area contributed by atoms with E-state index in [4.69, 9.17) is 14.2 Å². The predicted octanol–water partition coefficient (Wildman–Crippen LogP) is 2.88. The van der Waals surface area contributed by atoms with Gasteiger partial charge in [0.15, 0.2) is 11.5 Å². The summed E-state index contributed by atoms with van der Waals surface area (Å²) in [5.41, 5.74) is 1.69. The molecule has 0 bridgehead atoms. The third-order valence-electron chi connectivity index (χ3n) is 5.00. The Morgan fingerprint density at radius 2 is 1.79 bits per heavy atom. The first-order valence-corrected chi connectivity index (χ1v) is 9.12. The average Bonchev–Trinajstić information content (AvgIpc) is 3.19. The van der Waals surface area contributed by atoms with Gasteiger partial charge in [0.25, 0.3) is 5.91 Å². The molecule has 0 radical (unpaired) electrons. The predicted molar refractivity (Wildman–Crippen MR) is 102 cm³/mol. The van der Waals surface area contributed by atoms with Crippen LogP contribution in [0.4, 0.5) is 4.79 Å². The molecule has 2 aromatic carbocycles. The highest BCUT2D eigenvalue weighted by molar-refractivity contribution is 6.07. The van der Waals surface area contributed by atoms with Gasteiger partial charge >= 0.3 is 6.03 Å². The molecule has 0 saturated carbocycles. The molecule has 0 unspecified atom stereocenters. The van der Waals surface area contributed by atoms with Crippen molar-refractivity contribution in [2.24, 2.45) is 0 Å². The molecule has 28 heavy (non-hydrogen) atoms. The first-order chi connectivity index (χ1) is 13.4. The maximum absolute atomic E-state index is 13.0. The zero-order valence-corrected chi connectivity index (χ0v) is 16.1. The van der Waals surface area contributed by atoms with Crippen molar-refractivity contribution in [2.45, 2.75) is 26.3 Å². The average molecular weight is 382 g/mol. The summed E-state index contributed by atoms with van der Waals surface area (Å²) in [7, 11) is 0. The Labute approximate surface area is 163 Å². The van der Waals surface area contributed by atoms with E-state index >= 15 is 0 Å². The van der Waals surface area contributed by atoms with Crippen molar-refractivity contribution in [3.63, 3.8) is 0 Å². The summed E-state index contributed by atoms with van der Waals surface area (Å²) in [4.78, 5) is 26.6. The van der Waals surface area contributed by atoms with Gasteiger partial charge in [0.05, 0.1) is 6.54 Å². The van der Waals surface area contributed by atoms with Gasteiger partial charge in [-0.3, -0.25) is 9.69 Å². The number of carbonyl (C=O) groups is 2. The smallest absolute Gasteiger partial charge is 0.325 e. The second-order valence-electron chi connectivity index (χ2n) is 7.25. The van der Waals surface area contributed by atoms with Crippen molar-refractivity contribution in [1.29, 1.82) is 0 Å². The molecule has 0 aliphatic carbocycles. The van der Waals surface area contributed by atoms with Crippen LogP contribution in [0.15, 0.2) is 36.4 Å². The van der Waals surface area contributed by atoms with Crippen LogP contribution in [0.25, 0.3) is 0 Å². The first kappa shape index (κ1) is 18.2. The molecule has 146 valence electrons. The third-order valence-corrected chi connectivity index (χ3v) is 5.00. The highest BCUT2D eigenvalue weighted by Gasteiger charge is 2.49. The van der Waals surface area contributed by atoms with E-state index in [0.29, 0.717) is 17.1 Å². The SMILES string of the molecule is Cc1cc(C)cc(OCCN2C(=O)N[C@@](C)(c3ccc4c(c3)OCO4)C2=O)c1. The molecule has 2 aromatic rings. The van der Waals surface area contributed by atoms with Gasteiger partial charge in [0.2, 0.25) is 6.79 Å². The van der Waals surface area contributed by atoms with Crippen LogP contribution in [0.5, 0.6) is 17.2 Å². The lowest BCUT2D eigenvalue weighted by atomic mass is 9.91. The summed E-state index contributed by atoms with van der Waals surface area (Å²) in [6, 6.07) is 10.7. The Morgan fingerprint density at radius 1 is 1.07 bits per heavy atom. The molecular formula is C21H22N2O5. The molecular weight excluding hydrogens is 360 g/mol. The first-order valence-electron chi connectivity index (χ1n) is 9.12. The standard InChI is InChI=1S/C21H22N2O5/c1-13-8-14(2)10-16(9-13)26-7-6-23-19(24)21(3,22-20(23)25)15-4-5-17-18(11-15)28-12-27-17/h4-5,8-11H,6-7,12H2,1-3H3,(H,22,25)/t21-/m0/s1. The molecule has 1 fully saturated rings. The number of ether oxygens (including phenoxy) is 3. The van der Waals surface area contributed by atoms with E-state index in [2.05, 4.69) is 11.4 Å². The number of rotatable bonds is 5. The summed E-state index contributed by atoms with van der Waals surface area (Å²) in [5.74, 6) is 1.60. The number of hydrogen-bond donors (Lipinski definition) is 1. The third kappa shape index (κ3) is 3.13. The van der Waals surface area contributed by atoms with E-state index in [1.54, 1.807) is 25.1 Å². The van der Waals surface area contributed by atoms with Gasteiger partial charge in [0.1, 0.15) is 17.9 Å². The van der Waals surface area contributed by atoms with E-state index in [9.17, 15) is 9.59 Å². The Bertz CT molecular complexity index is 938. The van der Waals surface area contributed by atoms with Gasteiger partial charge in [-0.15, -0.1) is 0 Å². The molecule has 0 aromatic heterocycles. The van der Waals surface area contributed by atoms with Crippen molar-refractivity contribution in [3.8, 4) is 17.2 Å². The van der Waals surface area contributed by atoms with Crippen molar-refractivity contribution >= 4 is 11.9 Å². The Balaban J connectivity index is 1.46. The molecule has 2 heterocycles. The topological polar surface area (TPSA) is 77.1 Å². The Morgan fingerprint density at radius 3 is 2.54 bits per heavy atom. The van der Waals surface area contributed by atoms with Gasteiger partial charge in [-0.1, -0.05) is 12.1 Å². The maximum Gasteiger partial charge on any atom is 0.325 e. The number of nitrogens with zero attached hydrogens (tertiary/aromatic N) is 1. The number of carbonyl (C=O) groups excluding carboxylic acids is 2. The number of aryl methyl sites for hydroxylation is 2. The summed E-state index contributed by atoms with van der Waals surface area (Å²) in [6.07, 6.45) is 0. The summed E-state index contributed by atoms with van der Waals surface area (Å²) in [6.45, 7) is 6.21. The van der Waals surface area contributed by atoms with Gasteiger partial charge in [-0.2, -0.15) is 0 Å². The second kappa shape index (κ2) is 6.74. The van der Waals surface area contributed by atoms with Gasteiger partial charge in [-0.05, 0) is 61.7 Å². The van der Waals surface area contributed by atoms with Crippen LogP contribution in [0.1, 0.15) is 23.6 Å². The molecule has 1 atom stereocenters. The van der Waals surface area contributed by atoms with Crippen LogP contribution in [-0.2, 0) is 10.3 Å². The zero-order valence-electron chi connectivity index (χ0n) is 16.1. The monoisotopic (exact) mass is 382 g/mol. The quantitative estimate of drug-likeness (QED) is 0.805.